The standard InChI is InChI=1S/C19H16ClFN2O3S/c20-13-7-9-14(10-8-13)27(24,25)18-19(23-11-3-4-12-23)26-17(22-18)15-5-1-2-6-16(15)21/h1-2,5-10H,3-4,11-12H2. The summed E-state index contributed by atoms with van der Waals surface area (Å²) in [6.45, 7) is 1.32. The van der Waals surface area contributed by atoms with Gasteiger partial charge in [0.15, 0.2) is 0 Å². The van der Waals surface area contributed by atoms with Gasteiger partial charge in [0.05, 0.1) is 10.5 Å². The summed E-state index contributed by atoms with van der Waals surface area (Å²) in [5.41, 5.74) is 0.121. The van der Waals surface area contributed by atoms with Crippen molar-refractivity contribution >= 4 is 27.3 Å². The van der Waals surface area contributed by atoms with E-state index in [1.165, 1.54) is 36.4 Å². The lowest BCUT2D eigenvalue weighted by Gasteiger charge is -2.14. The largest absolute Gasteiger partial charge is 0.419 e. The zero-order valence-electron chi connectivity index (χ0n) is 14.2. The number of benzene rings is 2. The topological polar surface area (TPSA) is 63.4 Å². The minimum absolute atomic E-state index is 0.0532. The molecule has 1 aliphatic rings. The molecule has 27 heavy (non-hydrogen) atoms. The van der Waals surface area contributed by atoms with Gasteiger partial charge < -0.3 is 9.32 Å². The normalized spacial score (nSPS) is 14.7. The van der Waals surface area contributed by atoms with E-state index >= 15 is 0 Å². The van der Waals surface area contributed by atoms with Gasteiger partial charge in [0, 0.05) is 18.1 Å². The molecule has 0 aliphatic carbocycles. The lowest BCUT2D eigenvalue weighted by atomic mass is 10.2. The van der Waals surface area contributed by atoms with Crippen molar-refractivity contribution in [3.8, 4) is 11.5 Å². The quantitative estimate of drug-likeness (QED) is 0.635. The van der Waals surface area contributed by atoms with Crippen LogP contribution in [0.5, 0.6) is 0 Å². The number of anilines is 1. The summed E-state index contributed by atoms with van der Waals surface area (Å²) in [6.07, 6.45) is 1.85. The van der Waals surface area contributed by atoms with Crippen molar-refractivity contribution in [2.75, 3.05) is 18.0 Å². The molecule has 0 N–H and O–H groups in total. The van der Waals surface area contributed by atoms with E-state index in [1.54, 1.807) is 12.1 Å². The molecule has 0 atom stereocenters. The predicted octanol–water partition coefficient (Wildman–Crippen LogP) is 4.57. The van der Waals surface area contributed by atoms with Crippen molar-refractivity contribution in [3.05, 3.63) is 59.4 Å². The van der Waals surface area contributed by atoms with Crippen LogP contribution in [0.4, 0.5) is 10.3 Å². The Bertz CT molecular complexity index is 1070. The highest BCUT2D eigenvalue weighted by atomic mass is 35.5. The molecule has 1 aliphatic heterocycles. The molecule has 0 saturated carbocycles. The van der Waals surface area contributed by atoms with E-state index < -0.39 is 15.7 Å². The molecule has 4 rings (SSSR count). The van der Waals surface area contributed by atoms with Crippen LogP contribution in [0.25, 0.3) is 11.5 Å². The molecule has 2 aromatic carbocycles. The zero-order chi connectivity index (χ0) is 19.0. The van der Waals surface area contributed by atoms with Crippen LogP contribution in [0.15, 0.2) is 62.9 Å². The SMILES string of the molecule is O=S(=O)(c1ccc(Cl)cc1)c1nc(-c2ccccc2F)oc1N1CCCC1. The summed E-state index contributed by atoms with van der Waals surface area (Å²) in [7, 11) is -3.95. The average Bonchev–Trinajstić information content (AvgIpc) is 3.32. The highest BCUT2D eigenvalue weighted by Crippen LogP contribution is 2.36. The Morgan fingerprint density at radius 3 is 2.37 bits per heavy atom. The maximum atomic E-state index is 14.2. The molecule has 1 fully saturated rings. The maximum Gasteiger partial charge on any atom is 0.236 e. The fraction of sp³-hybridized carbons (Fsp3) is 0.211. The summed E-state index contributed by atoms with van der Waals surface area (Å²) in [5.74, 6) is -0.426. The lowest BCUT2D eigenvalue weighted by molar-refractivity contribution is 0.548. The molecular weight excluding hydrogens is 391 g/mol. The van der Waals surface area contributed by atoms with Gasteiger partial charge in [0.1, 0.15) is 5.82 Å². The second-order valence-corrected chi connectivity index (χ2v) is 8.56. The van der Waals surface area contributed by atoms with Crippen LogP contribution in [-0.4, -0.2) is 26.5 Å². The van der Waals surface area contributed by atoms with Crippen LogP contribution >= 0.6 is 11.6 Å². The van der Waals surface area contributed by atoms with Gasteiger partial charge in [-0.05, 0) is 49.2 Å². The Morgan fingerprint density at radius 1 is 1.04 bits per heavy atom. The third kappa shape index (κ3) is 3.33. The van der Waals surface area contributed by atoms with E-state index in [-0.39, 0.29) is 27.3 Å². The monoisotopic (exact) mass is 406 g/mol. The highest BCUT2D eigenvalue weighted by molar-refractivity contribution is 7.91. The van der Waals surface area contributed by atoms with E-state index in [9.17, 15) is 12.8 Å². The Balaban J connectivity index is 1.88. The van der Waals surface area contributed by atoms with E-state index in [1.807, 2.05) is 4.90 Å². The number of nitrogens with zero attached hydrogens (tertiary/aromatic N) is 2. The third-order valence-corrected chi connectivity index (χ3v) is 6.38. The molecule has 0 amide bonds. The molecule has 1 aromatic heterocycles. The van der Waals surface area contributed by atoms with Gasteiger partial charge in [-0.1, -0.05) is 23.7 Å². The first-order chi connectivity index (χ1) is 13.0. The second kappa shape index (κ2) is 6.98. The van der Waals surface area contributed by atoms with Crippen LogP contribution in [0.2, 0.25) is 5.02 Å². The fourth-order valence-electron chi connectivity index (χ4n) is 3.07. The molecule has 8 heteroatoms. The van der Waals surface area contributed by atoms with Crippen LogP contribution in [0, 0.1) is 5.82 Å². The molecule has 1 saturated heterocycles. The van der Waals surface area contributed by atoms with E-state index in [4.69, 9.17) is 16.0 Å². The molecule has 140 valence electrons. The Morgan fingerprint density at radius 2 is 1.70 bits per heavy atom. The van der Waals surface area contributed by atoms with Gasteiger partial charge in [-0.3, -0.25) is 0 Å². The Hall–Kier alpha value is -2.38. The Kier molecular flexibility index (Phi) is 4.65. The van der Waals surface area contributed by atoms with E-state index in [2.05, 4.69) is 4.98 Å². The van der Waals surface area contributed by atoms with Gasteiger partial charge in [-0.2, -0.15) is 4.98 Å². The van der Waals surface area contributed by atoms with E-state index in [0.29, 0.717) is 18.1 Å². The van der Waals surface area contributed by atoms with Crippen molar-refractivity contribution in [2.24, 2.45) is 0 Å². The van der Waals surface area contributed by atoms with Crippen LogP contribution in [0.1, 0.15) is 12.8 Å². The van der Waals surface area contributed by atoms with Crippen molar-refractivity contribution < 1.29 is 17.2 Å². The first-order valence-electron chi connectivity index (χ1n) is 8.48. The minimum Gasteiger partial charge on any atom is -0.419 e. The number of rotatable bonds is 4. The van der Waals surface area contributed by atoms with Gasteiger partial charge >= 0.3 is 0 Å². The number of hydrogen-bond donors (Lipinski definition) is 0. The van der Waals surface area contributed by atoms with Crippen molar-refractivity contribution in [1.82, 2.24) is 4.98 Å². The van der Waals surface area contributed by atoms with Crippen LogP contribution < -0.4 is 4.90 Å². The lowest BCUT2D eigenvalue weighted by Crippen LogP contribution is -2.19. The number of hydrogen-bond acceptors (Lipinski definition) is 5. The van der Waals surface area contributed by atoms with Crippen LogP contribution in [-0.2, 0) is 9.84 Å². The minimum atomic E-state index is -3.95. The maximum absolute atomic E-state index is 14.2. The first kappa shape index (κ1) is 18.0. The molecular formula is C19H16ClFN2O3S. The second-order valence-electron chi connectivity index (χ2n) is 6.26. The molecule has 0 radical (unpaired) electrons. The number of halogens is 2. The predicted molar refractivity (Wildman–Crippen MR) is 100 cm³/mol. The summed E-state index contributed by atoms with van der Waals surface area (Å²) >= 11 is 5.87. The molecule has 0 spiro atoms. The van der Waals surface area contributed by atoms with Crippen molar-refractivity contribution in [1.29, 1.82) is 0 Å². The Labute approximate surface area is 161 Å². The molecule has 3 aromatic rings. The average molecular weight is 407 g/mol. The van der Waals surface area contributed by atoms with Gasteiger partial charge in [-0.25, -0.2) is 12.8 Å². The highest BCUT2D eigenvalue weighted by Gasteiger charge is 2.32. The third-order valence-electron chi connectivity index (χ3n) is 4.46. The zero-order valence-corrected chi connectivity index (χ0v) is 15.8. The molecule has 0 unspecified atom stereocenters. The van der Waals surface area contributed by atoms with Crippen molar-refractivity contribution in [3.63, 3.8) is 0 Å². The number of sulfone groups is 1. The molecule has 2 heterocycles. The van der Waals surface area contributed by atoms with E-state index in [0.717, 1.165) is 12.8 Å². The number of oxazole rings is 1. The first-order valence-corrected chi connectivity index (χ1v) is 10.3. The summed E-state index contributed by atoms with van der Waals surface area (Å²) in [6, 6.07) is 11.8. The van der Waals surface area contributed by atoms with Gasteiger partial charge in [0.2, 0.25) is 26.6 Å². The molecule has 0 bridgehead atoms. The van der Waals surface area contributed by atoms with Gasteiger partial charge in [-0.15, -0.1) is 0 Å². The summed E-state index contributed by atoms with van der Waals surface area (Å²) in [4.78, 5) is 6.08. The summed E-state index contributed by atoms with van der Waals surface area (Å²) in [5, 5.41) is 0.228. The van der Waals surface area contributed by atoms with Gasteiger partial charge in [0.25, 0.3) is 0 Å². The fourth-order valence-corrected chi connectivity index (χ4v) is 4.52. The van der Waals surface area contributed by atoms with Crippen LogP contribution in [0.3, 0.4) is 0 Å². The number of aromatic nitrogens is 1. The summed E-state index contributed by atoms with van der Waals surface area (Å²) < 4.78 is 46.3. The molecule has 5 nitrogen and oxygen atoms in total. The van der Waals surface area contributed by atoms with Crippen molar-refractivity contribution in [2.45, 2.75) is 22.8 Å². The smallest absolute Gasteiger partial charge is 0.236 e.